The van der Waals surface area contributed by atoms with Crippen LogP contribution in [0.2, 0.25) is 0 Å². The predicted octanol–water partition coefficient (Wildman–Crippen LogP) is 2.78. The van der Waals surface area contributed by atoms with E-state index < -0.39 is 11.0 Å². The molecular weight excluding hydrogens is 274 g/mol. The summed E-state index contributed by atoms with van der Waals surface area (Å²) >= 11 is 3.39. The summed E-state index contributed by atoms with van der Waals surface area (Å²) in [5, 5.41) is 5.42. The molecular formula is C11H16BrNOS. The van der Waals surface area contributed by atoms with E-state index in [0.29, 0.717) is 0 Å². The van der Waals surface area contributed by atoms with Gasteiger partial charge in [-0.1, -0.05) is 28.1 Å². The largest absolute Gasteiger partial charge is 0.251 e. The van der Waals surface area contributed by atoms with Gasteiger partial charge < -0.3 is 0 Å². The lowest BCUT2D eigenvalue weighted by molar-refractivity contribution is 0.591. The maximum atomic E-state index is 11.2. The van der Waals surface area contributed by atoms with Crippen molar-refractivity contribution in [2.45, 2.75) is 31.4 Å². The number of hydrogen-bond acceptors (Lipinski definition) is 1. The second-order valence-electron chi connectivity index (χ2n) is 4.18. The molecule has 0 aliphatic rings. The van der Waals surface area contributed by atoms with Crippen molar-refractivity contribution in [1.82, 2.24) is 0 Å². The molecule has 0 bridgehead atoms. The summed E-state index contributed by atoms with van der Waals surface area (Å²) in [5.74, 6) is 0. The van der Waals surface area contributed by atoms with Crippen LogP contribution in [0.3, 0.4) is 0 Å². The third kappa shape index (κ3) is 4.05. The summed E-state index contributed by atoms with van der Waals surface area (Å²) in [6, 6.07) is 8.17. The molecule has 0 aliphatic carbocycles. The molecule has 1 aromatic rings. The van der Waals surface area contributed by atoms with Crippen LogP contribution >= 0.6 is 15.9 Å². The topological polar surface area (TPSA) is 43.1 Å². The van der Waals surface area contributed by atoms with Crippen molar-refractivity contribution in [1.29, 1.82) is 0 Å². The Balaban J connectivity index is 2.57. The van der Waals surface area contributed by atoms with Gasteiger partial charge >= 0.3 is 0 Å². The molecule has 1 unspecified atom stereocenters. The van der Waals surface area contributed by atoms with Crippen LogP contribution in [0.5, 0.6) is 0 Å². The monoisotopic (exact) mass is 289 g/mol. The number of benzene rings is 1. The summed E-state index contributed by atoms with van der Waals surface area (Å²) < 4.78 is 12.0. The molecule has 84 valence electrons. The first-order valence-corrected chi connectivity index (χ1v) is 6.83. The predicted molar refractivity (Wildman–Crippen MR) is 68.9 cm³/mol. The van der Waals surface area contributed by atoms with Crippen LogP contribution in [0.1, 0.15) is 25.8 Å². The third-order valence-electron chi connectivity index (χ3n) is 2.47. The molecule has 4 heteroatoms. The Morgan fingerprint density at radius 1 is 1.33 bits per heavy atom. The zero-order chi connectivity index (χ0) is 11.5. The second-order valence-corrected chi connectivity index (χ2v) is 6.80. The van der Waals surface area contributed by atoms with E-state index in [1.165, 1.54) is 5.56 Å². The van der Waals surface area contributed by atoms with Gasteiger partial charge in [-0.25, -0.2) is 4.21 Å². The van der Waals surface area contributed by atoms with E-state index in [9.17, 15) is 4.21 Å². The Kier molecular flexibility index (Phi) is 4.49. The van der Waals surface area contributed by atoms with Crippen molar-refractivity contribution in [3.8, 4) is 0 Å². The molecule has 1 atom stereocenters. The van der Waals surface area contributed by atoms with Gasteiger partial charge in [-0.05, 0) is 44.4 Å². The third-order valence-corrected chi connectivity index (χ3v) is 4.30. The van der Waals surface area contributed by atoms with Crippen LogP contribution < -0.4 is 5.14 Å². The molecule has 0 fully saturated rings. The van der Waals surface area contributed by atoms with Crippen molar-refractivity contribution in [2.24, 2.45) is 5.14 Å². The molecule has 0 aliphatic heterocycles. The fraction of sp³-hybridized carbons (Fsp3) is 0.455. The van der Waals surface area contributed by atoms with Crippen LogP contribution in [0.25, 0.3) is 0 Å². The van der Waals surface area contributed by atoms with Gasteiger partial charge in [-0.15, -0.1) is 0 Å². The van der Waals surface area contributed by atoms with Crippen molar-refractivity contribution < 1.29 is 4.21 Å². The lowest BCUT2D eigenvalue weighted by Crippen LogP contribution is -2.32. The molecule has 2 N–H and O–H groups in total. The molecule has 0 heterocycles. The second kappa shape index (κ2) is 5.23. The van der Waals surface area contributed by atoms with Crippen LogP contribution in [0, 0.1) is 0 Å². The Bertz CT molecular complexity index is 348. The highest BCUT2D eigenvalue weighted by Gasteiger charge is 2.22. The maximum absolute atomic E-state index is 11.2. The smallest absolute Gasteiger partial charge is 0.0945 e. The van der Waals surface area contributed by atoms with Crippen LogP contribution in [0.4, 0.5) is 0 Å². The average molecular weight is 290 g/mol. The Hall–Kier alpha value is -0.190. The summed E-state index contributed by atoms with van der Waals surface area (Å²) in [7, 11) is -1.26. The quantitative estimate of drug-likeness (QED) is 0.910. The van der Waals surface area contributed by atoms with Gasteiger partial charge in [0.1, 0.15) is 0 Å². The van der Waals surface area contributed by atoms with Crippen molar-refractivity contribution in [3.05, 3.63) is 34.3 Å². The van der Waals surface area contributed by atoms with E-state index in [1.807, 2.05) is 26.0 Å². The molecule has 0 aromatic heterocycles. The molecule has 15 heavy (non-hydrogen) atoms. The fourth-order valence-electron chi connectivity index (χ4n) is 1.20. The molecule has 0 spiro atoms. The van der Waals surface area contributed by atoms with E-state index >= 15 is 0 Å². The fourth-order valence-corrected chi connectivity index (χ4v) is 1.76. The first-order valence-electron chi connectivity index (χ1n) is 4.82. The van der Waals surface area contributed by atoms with E-state index in [1.54, 1.807) is 0 Å². The Labute approximate surface area is 102 Å². The van der Waals surface area contributed by atoms with Gasteiger partial charge in [-0.2, -0.15) is 0 Å². The van der Waals surface area contributed by atoms with Crippen LogP contribution in [0.15, 0.2) is 28.7 Å². The normalized spacial score (nSPS) is 13.9. The molecule has 0 radical (unpaired) electrons. The highest BCUT2D eigenvalue weighted by Crippen LogP contribution is 2.19. The zero-order valence-corrected chi connectivity index (χ0v) is 11.4. The summed E-state index contributed by atoms with van der Waals surface area (Å²) in [6.07, 6.45) is 1.74. The van der Waals surface area contributed by atoms with Crippen LogP contribution in [-0.2, 0) is 17.4 Å². The molecule has 1 aromatic carbocycles. The molecule has 1 rings (SSSR count). The van der Waals surface area contributed by atoms with E-state index in [4.69, 9.17) is 5.14 Å². The van der Waals surface area contributed by atoms with Gasteiger partial charge in [0, 0.05) is 4.47 Å². The average Bonchev–Trinajstić information content (AvgIpc) is 2.17. The van der Waals surface area contributed by atoms with E-state index in [2.05, 4.69) is 28.1 Å². The van der Waals surface area contributed by atoms with Gasteiger partial charge in [-0.3, -0.25) is 5.14 Å². The van der Waals surface area contributed by atoms with Crippen LogP contribution in [-0.4, -0.2) is 8.96 Å². The summed E-state index contributed by atoms with van der Waals surface area (Å²) in [6.45, 7) is 3.87. The number of hydrogen-bond donors (Lipinski definition) is 1. The van der Waals surface area contributed by atoms with Gasteiger partial charge in [0.15, 0.2) is 0 Å². The lowest BCUT2D eigenvalue weighted by Gasteiger charge is -2.20. The SMILES string of the molecule is CC(C)(CCc1ccc(Br)cc1)S(N)=O. The lowest BCUT2D eigenvalue weighted by atomic mass is 10.0. The standard InChI is InChI=1S/C11H16BrNOS/c1-11(2,15(13)14)8-7-9-3-5-10(12)6-4-9/h3-6H,7-8,13H2,1-2H3. The van der Waals surface area contributed by atoms with Gasteiger partial charge in [0.25, 0.3) is 0 Å². The van der Waals surface area contributed by atoms with Crippen molar-refractivity contribution >= 4 is 26.9 Å². The zero-order valence-electron chi connectivity index (χ0n) is 9.00. The molecule has 0 saturated carbocycles. The molecule has 0 amide bonds. The van der Waals surface area contributed by atoms with E-state index in [0.717, 1.165) is 17.3 Å². The van der Waals surface area contributed by atoms with Crippen molar-refractivity contribution in [2.75, 3.05) is 0 Å². The highest BCUT2D eigenvalue weighted by atomic mass is 79.9. The summed E-state index contributed by atoms with van der Waals surface area (Å²) in [4.78, 5) is 0. The molecule has 0 saturated heterocycles. The highest BCUT2D eigenvalue weighted by molar-refractivity contribution is 9.10. The first-order chi connectivity index (χ1) is 6.92. The molecule has 2 nitrogen and oxygen atoms in total. The van der Waals surface area contributed by atoms with Gasteiger partial charge in [0.2, 0.25) is 0 Å². The minimum atomic E-state index is -1.26. The Morgan fingerprint density at radius 2 is 1.87 bits per heavy atom. The van der Waals surface area contributed by atoms with E-state index in [-0.39, 0.29) is 4.75 Å². The number of nitrogens with two attached hydrogens (primary N) is 1. The number of rotatable bonds is 4. The minimum Gasteiger partial charge on any atom is -0.251 e. The number of halogens is 1. The number of aryl methyl sites for hydroxylation is 1. The van der Waals surface area contributed by atoms with Crippen molar-refractivity contribution in [3.63, 3.8) is 0 Å². The Morgan fingerprint density at radius 3 is 2.33 bits per heavy atom. The first kappa shape index (κ1) is 12.9. The maximum Gasteiger partial charge on any atom is 0.0945 e. The minimum absolute atomic E-state index is 0.312. The van der Waals surface area contributed by atoms with Gasteiger partial charge in [0.05, 0.1) is 15.7 Å². The summed E-state index contributed by atoms with van der Waals surface area (Å²) in [5.41, 5.74) is 1.25.